The lowest BCUT2D eigenvalue weighted by Crippen LogP contribution is -2.61. The lowest BCUT2D eigenvalue weighted by atomic mass is 9.87. The van der Waals surface area contributed by atoms with E-state index in [1.807, 2.05) is 0 Å². The van der Waals surface area contributed by atoms with Crippen molar-refractivity contribution in [2.45, 2.75) is 18.4 Å². The van der Waals surface area contributed by atoms with E-state index in [1.165, 1.54) is 18.3 Å². The van der Waals surface area contributed by atoms with E-state index in [4.69, 9.17) is 5.73 Å². The molecule has 6 nitrogen and oxygen atoms in total. The van der Waals surface area contributed by atoms with Gasteiger partial charge in [-0.15, -0.1) is 0 Å². The summed E-state index contributed by atoms with van der Waals surface area (Å²) >= 11 is 0. The fourth-order valence-corrected chi connectivity index (χ4v) is 2.94. The minimum atomic E-state index is -1.05. The van der Waals surface area contributed by atoms with Gasteiger partial charge in [-0.05, 0) is 49.7 Å². The Bertz CT molecular complexity index is 786. The molecular formula is C18H19FN4O2. The van der Waals surface area contributed by atoms with Gasteiger partial charge in [-0.2, -0.15) is 0 Å². The number of amides is 2. The molecule has 0 unspecified atom stereocenters. The van der Waals surface area contributed by atoms with E-state index in [9.17, 15) is 14.0 Å². The topological polar surface area (TPSA) is 97.1 Å². The third-order valence-electron chi connectivity index (χ3n) is 4.46. The average Bonchev–Trinajstić information content (AvgIpc) is 2.63. The lowest BCUT2D eigenvalue weighted by Gasteiger charge is -2.35. The highest BCUT2D eigenvalue weighted by Gasteiger charge is 2.39. The maximum absolute atomic E-state index is 13.1. The summed E-state index contributed by atoms with van der Waals surface area (Å²) in [7, 11) is 0. The van der Waals surface area contributed by atoms with Gasteiger partial charge in [0.2, 0.25) is 5.91 Å². The molecule has 2 amide bonds. The summed E-state index contributed by atoms with van der Waals surface area (Å²) in [5, 5.41) is 5.92. The number of nitrogens with one attached hydrogen (secondary N) is 2. The Morgan fingerprint density at radius 2 is 1.80 bits per heavy atom. The van der Waals surface area contributed by atoms with Crippen LogP contribution in [0, 0.1) is 5.82 Å². The van der Waals surface area contributed by atoms with Crippen LogP contribution in [0.3, 0.4) is 0 Å². The Labute approximate surface area is 144 Å². The SMILES string of the molecule is NC(=O)C1(NC(=O)c2cncc(-c3ccc(F)cc3)c2)CCNCC1. The first-order chi connectivity index (χ1) is 12.0. The molecule has 130 valence electrons. The van der Waals surface area contributed by atoms with Gasteiger partial charge in [0.15, 0.2) is 0 Å². The van der Waals surface area contributed by atoms with Crippen LogP contribution in [-0.4, -0.2) is 35.4 Å². The number of pyridine rings is 1. The van der Waals surface area contributed by atoms with E-state index in [0.29, 0.717) is 37.1 Å². The quantitative estimate of drug-likeness (QED) is 0.778. The average molecular weight is 342 g/mol. The van der Waals surface area contributed by atoms with Gasteiger partial charge in [-0.1, -0.05) is 12.1 Å². The van der Waals surface area contributed by atoms with Crippen molar-refractivity contribution in [1.82, 2.24) is 15.6 Å². The van der Waals surface area contributed by atoms with Crippen LogP contribution in [-0.2, 0) is 4.79 Å². The van der Waals surface area contributed by atoms with Gasteiger partial charge in [0, 0.05) is 18.0 Å². The number of aromatic nitrogens is 1. The molecule has 1 fully saturated rings. The number of hydrogen-bond donors (Lipinski definition) is 3. The molecular weight excluding hydrogens is 323 g/mol. The van der Waals surface area contributed by atoms with Crippen LogP contribution in [0.4, 0.5) is 4.39 Å². The summed E-state index contributed by atoms with van der Waals surface area (Å²) in [5.41, 5.74) is 6.24. The molecule has 4 N–H and O–H groups in total. The largest absolute Gasteiger partial charge is 0.368 e. The normalized spacial score (nSPS) is 16.2. The van der Waals surface area contributed by atoms with E-state index in [2.05, 4.69) is 15.6 Å². The van der Waals surface area contributed by atoms with Gasteiger partial charge >= 0.3 is 0 Å². The number of rotatable bonds is 4. The van der Waals surface area contributed by atoms with Crippen LogP contribution >= 0.6 is 0 Å². The fourth-order valence-electron chi connectivity index (χ4n) is 2.94. The van der Waals surface area contributed by atoms with Crippen LogP contribution < -0.4 is 16.4 Å². The monoisotopic (exact) mass is 342 g/mol. The van der Waals surface area contributed by atoms with Crippen LogP contribution in [0.5, 0.6) is 0 Å². The Kier molecular flexibility index (Phi) is 4.76. The molecule has 0 aliphatic carbocycles. The Morgan fingerprint density at radius 3 is 2.44 bits per heavy atom. The van der Waals surface area contributed by atoms with Gasteiger partial charge in [-0.25, -0.2) is 4.39 Å². The molecule has 0 spiro atoms. The lowest BCUT2D eigenvalue weighted by molar-refractivity contribution is -0.125. The van der Waals surface area contributed by atoms with Crippen LogP contribution in [0.25, 0.3) is 11.1 Å². The Balaban J connectivity index is 1.83. The molecule has 1 aromatic carbocycles. The second-order valence-corrected chi connectivity index (χ2v) is 6.12. The molecule has 0 atom stereocenters. The van der Waals surface area contributed by atoms with E-state index in [0.717, 1.165) is 5.56 Å². The van der Waals surface area contributed by atoms with Gasteiger partial charge in [0.25, 0.3) is 5.91 Å². The smallest absolute Gasteiger partial charge is 0.253 e. The summed E-state index contributed by atoms with van der Waals surface area (Å²) in [6.07, 6.45) is 3.91. The standard InChI is InChI=1S/C18H19FN4O2/c19-15-3-1-12(2-4-15)13-9-14(11-22-10-13)16(24)23-18(17(20)25)5-7-21-8-6-18/h1-4,9-11,21H,5-8H2,(H2,20,25)(H,23,24). The van der Waals surface area contributed by atoms with Gasteiger partial charge in [-0.3, -0.25) is 14.6 Å². The highest BCUT2D eigenvalue weighted by atomic mass is 19.1. The second kappa shape index (κ2) is 6.98. The zero-order chi connectivity index (χ0) is 17.9. The predicted molar refractivity (Wildman–Crippen MR) is 91.1 cm³/mol. The number of primary amides is 1. The second-order valence-electron chi connectivity index (χ2n) is 6.12. The molecule has 1 saturated heterocycles. The van der Waals surface area contributed by atoms with Crippen molar-refractivity contribution in [3.8, 4) is 11.1 Å². The number of nitrogens with two attached hydrogens (primary N) is 1. The molecule has 3 rings (SSSR count). The minimum absolute atomic E-state index is 0.320. The fraction of sp³-hybridized carbons (Fsp3) is 0.278. The highest BCUT2D eigenvalue weighted by molar-refractivity contribution is 5.99. The first-order valence-electron chi connectivity index (χ1n) is 8.04. The number of piperidine rings is 1. The van der Waals surface area contributed by atoms with Crippen LogP contribution in [0.15, 0.2) is 42.7 Å². The van der Waals surface area contributed by atoms with Gasteiger partial charge in [0.1, 0.15) is 11.4 Å². The summed E-state index contributed by atoms with van der Waals surface area (Å²) in [6.45, 7) is 1.22. The van der Waals surface area contributed by atoms with Crippen molar-refractivity contribution in [3.63, 3.8) is 0 Å². The number of carbonyl (C=O) groups excluding carboxylic acids is 2. The maximum atomic E-state index is 13.1. The molecule has 2 heterocycles. The number of carbonyl (C=O) groups is 2. The zero-order valence-electron chi connectivity index (χ0n) is 13.6. The van der Waals surface area contributed by atoms with Gasteiger partial charge in [0.05, 0.1) is 5.56 Å². The summed E-state index contributed by atoms with van der Waals surface area (Å²) < 4.78 is 13.1. The Morgan fingerprint density at radius 1 is 1.12 bits per heavy atom. The number of benzene rings is 1. The molecule has 1 aliphatic heterocycles. The molecule has 0 radical (unpaired) electrons. The van der Waals surface area contributed by atoms with Gasteiger partial charge < -0.3 is 16.4 Å². The van der Waals surface area contributed by atoms with Crippen LogP contribution in [0.2, 0.25) is 0 Å². The minimum Gasteiger partial charge on any atom is -0.368 e. The molecule has 2 aromatic rings. The maximum Gasteiger partial charge on any atom is 0.253 e. The highest BCUT2D eigenvalue weighted by Crippen LogP contribution is 2.22. The van der Waals surface area contributed by atoms with Crippen molar-refractivity contribution in [3.05, 3.63) is 54.1 Å². The van der Waals surface area contributed by atoms with E-state index in [-0.39, 0.29) is 5.82 Å². The third-order valence-corrected chi connectivity index (χ3v) is 4.46. The van der Waals surface area contributed by atoms with Crippen LogP contribution in [0.1, 0.15) is 23.2 Å². The first-order valence-corrected chi connectivity index (χ1v) is 8.04. The van der Waals surface area contributed by atoms with Crippen molar-refractivity contribution in [1.29, 1.82) is 0 Å². The first kappa shape index (κ1) is 17.0. The number of halogens is 1. The van der Waals surface area contributed by atoms with E-state index < -0.39 is 17.4 Å². The summed E-state index contributed by atoms with van der Waals surface area (Å²) in [6, 6.07) is 7.58. The molecule has 0 bridgehead atoms. The predicted octanol–water partition coefficient (Wildman–Crippen LogP) is 1.22. The van der Waals surface area contributed by atoms with E-state index in [1.54, 1.807) is 24.4 Å². The van der Waals surface area contributed by atoms with Crippen molar-refractivity contribution in [2.24, 2.45) is 5.73 Å². The molecule has 25 heavy (non-hydrogen) atoms. The van der Waals surface area contributed by atoms with Crippen molar-refractivity contribution in [2.75, 3.05) is 13.1 Å². The van der Waals surface area contributed by atoms with Crippen molar-refractivity contribution >= 4 is 11.8 Å². The summed E-state index contributed by atoms with van der Waals surface area (Å²) in [5.74, 6) is -1.28. The molecule has 0 saturated carbocycles. The third kappa shape index (κ3) is 3.66. The summed E-state index contributed by atoms with van der Waals surface area (Å²) in [4.78, 5) is 28.6. The molecule has 7 heteroatoms. The zero-order valence-corrected chi connectivity index (χ0v) is 13.6. The number of nitrogens with zero attached hydrogens (tertiary/aromatic N) is 1. The Hall–Kier alpha value is -2.80. The van der Waals surface area contributed by atoms with E-state index >= 15 is 0 Å². The molecule has 1 aromatic heterocycles. The molecule has 1 aliphatic rings. The number of hydrogen-bond acceptors (Lipinski definition) is 4. The van der Waals surface area contributed by atoms with Crippen molar-refractivity contribution < 1.29 is 14.0 Å².